The zero-order valence-corrected chi connectivity index (χ0v) is 8.29. The van der Waals surface area contributed by atoms with Gasteiger partial charge in [0.25, 0.3) is 0 Å². The maximum Gasteiger partial charge on any atom is 0.245 e. The molecule has 2 rings (SSSR count). The van der Waals surface area contributed by atoms with Crippen LogP contribution in [0.2, 0.25) is 0 Å². The fourth-order valence-electron chi connectivity index (χ4n) is 1.28. The van der Waals surface area contributed by atoms with Crippen LogP contribution in [0.3, 0.4) is 0 Å². The summed E-state index contributed by atoms with van der Waals surface area (Å²) in [7, 11) is 0. The van der Waals surface area contributed by atoms with Gasteiger partial charge in [-0.05, 0) is 29.5 Å². The number of nitrogens with zero attached hydrogens (tertiary/aromatic N) is 4. The van der Waals surface area contributed by atoms with Crippen molar-refractivity contribution in [2.75, 3.05) is 12.3 Å². The number of nitrogens with two attached hydrogens (primary N) is 1. The number of anilines is 1. The maximum absolute atomic E-state index is 5.61. The van der Waals surface area contributed by atoms with E-state index < -0.39 is 0 Å². The summed E-state index contributed by atoms with van der Waals surface area (Å²) in [5.41, 5.74) is 6.35. The molecule has 6 heteroatoms. The molecule has 0 amide bonds. The van der Waals surface area contributed by atoms with E-state index in [1.165, 1.54) is 4.68 Å². The third-order valence-corrected chi connectivity index (χ3v) is 1.89. The van der Waals surface area contributed by atoms with Crippen molar-refractivity contribution in [1.82, 2.24) is 20.2 Å². The molecule has 6 nitrogen and oxygen atoms in total. The summed E-state index contributed by atoms with van der Waals surface area (Å²) in [4.78, 5) is 0. The zero-order chi connectivity index (χ0) is 10.7. The first-order valence-corrected chi connectivity index (χ1v) is 4.59. The predicted octanol–water partition coefficient (Wildman–Crippen LogP) is 0.643. The lowest BCUT2D eigenvalue weighted by Crippen LogP contribution is -2.05. The number of nitrogen functional groups attached to an aromatic ring is 1. The Morgan fingerprint density at radius 2 is 2.20 bits per heavy atom. The Labute approximate surface area is 86.7 Å². The maximum atomic E-state index is 5.61. The normalized spacial score (nSPS) is 10.2. The Bertz CT molecular complexity index is 453. The smallest absolute Gasteiger partial charge is 0.245 e. The van der Waals surface area contributed by atoms with Crippen molar-refractivity contribution < 1.29 is 4.74 Å². The van der Waals surface area contributed by atoms with Crippen molar-refractivity contribution in [2.45, 2.75) is 6.92 Å². The molecule has 0 aliphatic rings. The van der Waals surface area contributed by atoms with Crippen molar-refractivity contribution in [1.29, 1.82) is 0 Å². The van der Waals surface area contributed by atoms with Gasteiger partial charge in [0.2, 0.25) is 5.95 Å². The fraction of sp³-hybridized carbons (Fsp3) is 0.222. The topological polar surface area (TPSA) is 78.8 Å². The fourth-order valence-corrected chi connectivity index (χ4v) is 1.28. The molecule has 0 spiro atoms. The van der Waals surface area contributed by atoms with Crippen LogP contribution in [0.5, 0.6) is 5.75 Å². The Morgan fingerprint density at radius 3 is 2.87 bits per heavy atom. The van der Waals surface area contributed by atoms with Gasteiger partial charge in [0, 0.05) is 0 Å². The van der Waals surface area contributed by atoms with Crippen molar-refractivity contribution in [3.63, 3.8) is 0 Å². The standard InChI is InChI=1S/C9H11N5O/c1-2-15-8-6-4-3-5-7(8)14-9(10)11-12-13-14/h3-6H,2H2,1H3,(H2,10,11,13). The molecule has 1 aromatic heterocycles. The first-order valence-electron chi connectivity index (χ1n) is 4.59. The van der Waals surface area contributed by atoms with E-state index in [-0.39, 0.29) is 5.95 Å². The van der Waals surface area contributed by atoms with Gasteiger partial charge in [-0.1, -0.05) is 17.2 Å². The molecule has 0 radical (unpaired) electrons. The van der Waals surface area contributed by atoms with Crippen LogP contribution >= 0.6 is 0 Å². The van der Waals surface area contributed by atoms with Crippen LogP contribution in [-0.2, 0) is 0 Å². The number of para-hydroxylation sites is 2. The summed E-state index contributed by atoms with van der Waals surface area (Å²) >= 11 is 0. The molecule has 2 N–H and O–H groups in total. The van der Waals surface area contributed by atoms with Gasteiger partial charge in [0.1, 0.15) is 11.4 Å². The van der Waals surface area contributed by atoms with Gasteiger partial charge in [0.05, 0.1) is 6.61 Å². The highest BCUT2D eigenvalue weighted by atomic mass is 16.5. The van der Waals surface area contributed by atoms with E-state index in [2.05, 4.69) is 15.5 Å². The van der Waals surface area contributed by atoms with E-state index in [4.69, 9.17) is 10.5 Å². The number of hydrogen-bond acceptors (Lipinski definition) is 5. The second-order valence-corrected chi connectivity index (χ2v) is 2.85. The average Bonchev–Trinajstić information content (AvgIpc) is 2.66. The van der Waals surface area contributed by atoms with Crippen LogP contribution in [0.4, 0.5) is 5.95 Å². The van der Waals surface area contributed by atoms with Crippen molar-refractivity contribution in [2.24, 2.45) is 0 Å². The molecular formula is C9H11N5O. The van der Waals surface area contributed by atoms with Crippen LogP contribution in [-0.4, -0.2) is 26.8 Å². The van der Waals surface area contributed by atoms with E-state index in [9.17, 15) is 0 Å². The Morgan fingerprint density at radius 1 is 1.40 bits per heavy atom. The van der Waals surface area contributed by atoms with Crippen LogP contribution in [0, 0.1) is 0 Å². The lowest BCUT2D eigenvalue weighted by atomic mass is 10.3. The quantitative estimate of drug-likeness (QED) is 0.795. The minimum atomic E-state index is 0.238. The molecule has 0 atom stereocenters. The molecule has 0 saturated carbocycles. The summed E-state index contributed by atoms with van der Waals surface area (Å²) in [6, 6.07) is 7.45. The molecule has 1 heterocycles. The molecule has 0 aliphatic heterocycles. The minimum absolute atomic E-state index is 0.238. The van der Waals surface area contributed by atoms with Crippen LogP contribution < -0.4 is 10.5 Å². The molecule has 1 aromatic carbocycles. The summed E-state index contributed by atoms with van der Waals surface area (Å²) in [6.07, 6.45) is 0. The Hall–Kier alpha value is -2.11. The zero-order valence-electron chi connectivity index (χ0n) is 8.29. The molecule has 0 unspecified atom stereocenters. The molecule has 2 aromatic rings. The van der Waals surface area contributed by atoms with Crippen molar-refractivity contribution in [3.05, 3.63) is 24.3 Å². The number of tetrazole rings is 1. The molecule has 0 aliphatic carbocycles. The largest absolute Gasteiger partial charge is 0.492 e. The Balaban J connectivity index is 2.48. The summed E-state index contributed by atoms with van der Waals surface area (Å²) in [5.74, 6) is 0.946. The van der Waals surface area contributed by atoms with Gasteiger partial charge >= 0.3 is 0 Å². The van der Waals surface area contributed by atoms with Gasteiger partial charge in [-0.15, -0.1) is 0 Å². The van der Waals surface area contributed by atoms with Crippen molar-refractivity contribution in [3.8, 4) is 11.4 Å². The van der Waals surface area contributed by atoms with Gasteiger partial charge in [0.15, 0.2) is 0 Å². The van der Waals surface area contributed by atoms with Crippen LogP contribution in [0.15, 0.2) is 24.3 Å². The first kappa shape index (κ1) is 9.45. The lowest BCUT2D eigenvalue weighted by Gasteiger charge is -2.08. The molecule has 0 fully saturated rings. The molecule has 0 bridgehead atoms. The van der Waals surface area contributed by atoms with E-state index in [1.807, 2.05) is 31.2 Å². The number of ether oxygens (including phenoxy) is 1. The van der Waals surface area contributed by atoms with Crippen LogP contribution in [0.1, 0.15) is 6.92 Å². The number of benzene rings is 1. The molecule has 15 heavy (non-hydrogen) atoms. The van der Waals surface area contributed by atoms with E-state index in [0.717, 1.165) is 5.69 Å². The Kier molecular flexibility index (Phi) is 2.49. The second kappa shape index (κ2) is 3.95. The summed E-state index contributed by atoms with van der Waals surface area (Å²) in [6.45, 7) is 2.50. The van der Waals surface area contributed by atoms with Gasteiger partial charge < -0.3 is 10.5 Å². The van der Waals surface area contributed by atoms with Gasteiger partial charge in [-0.25, -0.2) is 0 Å². The van der Waals surface area contributed by atoms with E-state index in [0.29, 0.717) is 12.4 Å². The first-order chi connectivity index (χ1) is 7.33. The molecule has 0 saturated heterocycles. The highest BCUT2D eigenvalue weighted by Gasteiger charge is 2.09. The average molecular weight is 205 g/mol. The minimum Gasteiger partial charge on any atom is -0.492 e. The second-order valence-electron chi connectivity index (χ2n) is 2.85. The third-order valence-electron chi connectivity index (χ3n) is 1.89. The summed E-state index contributed by atoms with van der Waals surface area (Å²) in [5, 5.41) is 10.9. The highest BCUT2D eigenvalue weighted by molar-refractivity contribution is 5.48. The van der Waals surface area contributed by atoms with Crippen LogP contribution in [0.25, 0.3) is 5.69 Å². The SMILES string of the molecule is CCOc1ccccc1-n1nnnc1N. The van der Waals surface area contributed by atoms with E-state index in [1.54, 1.807) is 0 Å². The number of aromatic nitrogens is 4. The van der Waals surface area contributed by atoms with Gasteiger partial charge in [-0.2, -0.15) is 4.68 Å². The molecular weight excluding hydrogens is 194 g/mol. The lowest BCUT2D eigenvalue weighted by molar-refractivity contribution is 0.338. The van der Waals surface area contributed by atoms with Crippen molar-refractivity contribution >= 4 is 5.95 Å². The predicted molar refractivity (Wildman–Crippen MR) is 54.7 cm³/mol. The summed E-state index contributed by atoms with van der Waals surface area (Å²) < 4.78 is 6.88. The van der Waals surface area contributed by atoms with Gasteiger partial charge in [-0.3, -0.25) is 0 Å². The third kappa shape index (κ3) is 1.74. The number of rotatable bonds is 3. The highest BCUT2D eigenvalue weighted by Crippen LogP contribution is 2.22. The number of hydrogen-bond donors (Lipinski definition) is 1. The molecule has 78 valence electrons. The monoisotopic (exact) mass is 205 g/mol. The van der Waals surface area contributed by atoms with E-state index >= 15 is 0 Å².